The number of carboxylic acids is 1. The lowest BCUT2D eigenvalue weighted by Crippen LogP contribution is -2.36. The maximum absolute atomic E-state index is 13.0. The number of amides is 2. The Kier molecular flexibility index (Phi) is 4.79. The van der Waals surface area contributed by atoms with Gasteiger partial charge in [-0.3, -0.25) is 24.1 Å². The molecule has 1 aromatic carbocycles. The summed E-state index contributed by atoms with van der Waals surface area (Å²) in [4.78, 5) is 64.2. The topological polar surface area (TPSA) is 134 Å². The normalized spacial score (nSPS) is 22.9. The van der Waals surface area contributed by atoms with E-state index in [1.165, 1.54) is 7.11 Å². The Morgan fingerprint density at radius 1 is 1.17 bits per heavy atom. The van der Waals surface area contributed by atoms with Gasteiger partial charge in [0.1, 0.15) is 11.8 Å². The highest BCUT2D eigenvalue weighted by molar-refractivity contribution is 8.00. The lowest BCUT2D eigenvalue weighted by molar-refractivity contribution is -0.149. The van der Waals surface area contributed by atoms with E-state index in [-0.39, 0.29) is 4.87 Å². The molecule has 0 bridgehead atoms. The Balaban J connectivity index is 1.80. The average Bonchev–Trinajstić information content (AvgIpc) is 3.18. The Bertz CT molecular complexity index is 1090. The van der Waals surface area contributed by atoms with E-state index in [1.54, 1.807) is 24.3 Å². The SMILES string of the molecule is COC(=O)c1ccc([C@@H]2c3sc(=O)[nH]c3S[C@H]3C(=O)N(CC(=O)O)C(=O)[C@@H]23)cc1. The van der Waals surface area contributed by atoms with Gasteiger partial charge in [0.2, 0.25) is 11.8 Å². The molecule has 2 aromatic rings. The summed E-state index contributed by atoms with van der Waals surface area (Å²) in [5.74, 6) is -4.40. The van der Waals surface area contributed by atoms with Gasteiger partial charge in [-0.25, -0.2) is 4.79 Å². The van der Waals surface area contributed by atoms with Crippen LogP contribution >= 0.6 is 23.1 Å². The van der Waals surface area contributed by atoms with Crippen LogP contribution in [0.15, 0.2) is 34.1 Å². The summed E-state index contributed by atoms with van der Waals surface area (Å²) >= 11 is 2.03. The number of rotatable bonds is 4. The van der Waals surface area contributed by atoms with Gasteiger partial charge in [-0.05, 0) is 17.7 Å². The van der Waals surface area contributed by atoms with Crippen molar-refractivity contribution >= 4 is 46.9 Å². The fraction of sp³-hybridized carbons (Fsp3) is 0.278. The van der Waals surface area contributed by atoms with Gasteiger partial charge in [0.15, 0.2) is 0 Å². The monoisotopic (exact) mass is 434 g/mol. The van der Waals surface area contributed by atoms with E-state index in [0.717, 1.165) is 28.0 Å². The van der Waals surface area contributed by atoms with Crippen LogP contribution in [-0.4, -0.2) is 57.6 Å². The van der Waals surface area contributed by atoms with Crippen molar-refractivity contribution in [1.82, 2.24) is 9.88 Å². The van der Waals surface area contributed by atoms with Crippen LogP contribution in [0.1, 0.15) is 26.7 Å². The van der Waals surface area contributed by atoms with Crippen molar-refractivity contribution in [2.45, 2.75) is 16.2 Å². The first-order valence-corrected chi connectivity index (χ1v) is 10.2. The van der Waals surface area contributed by atoms with Crippen LogP contribution in [0.3, 0.4) is 0 Å². The summed E-state index contributed by atoms with van der Waals surface area (Å²) in [7, 11) is 1.27. The van der Waals surface area contributed by atoms with Crippen molar-refractivity contribution in [3.8, 4) is 0 Å². The molecule has 2 amide bonds. The minimum atomic E-state index is -1.28. The molecule has 1 saturated heterocycles. The Morgan fingerprint density at radius 2 is 1.86 bits per heavy atom. The molecular weight excluding hydrogens is 420 g/mol. The van der Waals surface area contributed by atoms with Crippen molar-refractivity contribution < 1.29 is 29.0 Å². The number of ether oxygens (including phenoxy) is 1. The molecule has 1 fully saturated rings. The zero-order valence-corrected chi connectivity index (χ0v) is 16.5. The highest BCUT2D eigenvalue weighted by atomic mass is 32.2. The number of hydrogen-bond acceptors (Lipinski definition) is 8. The second kappa shape index (κ2) is 7.16. The lowest BCUT2D eigenvalue weighted by atomic mass is 9.83. The van der Waals surface area contributed by atoms with Crippen LogP contribution < -0.4 is 4.87 Å². The van der Waals surface area contributed by atoms with Crippen LogP contribution in [0, 0.1) is 5.92 Å². The average molecular weight is 434 g/mol. The van der Waals surface area contributed by atoms with Gasteiger partial charge >= 0.3 is 16.8 Å². The quantitative estimate of drug-likeness (QED) is 0.536. The number of likely N-dealkylation sites (tertiary alicyclic amines) is 1. The number of thiazole rings is 1. The number of benzene rings is 1. The molecule has 29 heavy (non-hydrogen) atoms. The number of aromatic nitrogens is 1. The summed E-state index contributed by atoms with van der Waals surface area (Å²) in [5, 5.41) is 8.73. The van der Waals surface area contributed by atoms with Crippen LogP contribution in [-0.2, 0) is 19.1 Å². The van der Waals surface area contributed by atoms with Crippen molar-refractivity contribution in [2.24, 2.45) is 5.92 Å². The van der Waals surface area contributed by atoms with Gasteiger partial charge in [-0.1, -0.05) is 35.2 Å². The molecule has 150 valence electrons. The van der Waals surface area contributed by atoms with E-state index in [0.29, 0.717) is 21.0 Å². The second-order valence-corrected chi connectivity index (χ2v) is 8.69. The summed E-state index contributed by atoms with van der Waals surface area (Å²) in [5.41, 5.74) is 0.963. The summed E-state index contributed by atoms with van der Waals surface area (Å²) < 4.78 is 4.69. The molecule has 0 spiro atoms. The lowest BCUT2D eigenvalue weighted by Gasteiger charge is -2.29. The van der Waals surface area contributed by atoms with E-state index in [4.69, 9.17) is 5.11 Å². The first-order chi connectivity index (χ1) is 13.8. The third kappa shape index (κ3) is 3.15. The number of fused-ring (bicyclic) bond motifs is 2. The van der Waals surface area contributed by atoms with E-state index in [9.17, 15) is 24.0 Å². The van der Waals surface area contributed by atoms with Gasteiger partial charge in [-0.2, -0.15) is 0 Å². The Morgan fingerprint density at radius 3 is 2.48 bits per heavy atom. The molecule has 2 aliphatic heterocycles. The number of thioether (sulfide) groups is 1. The van der Waals surface area contributed by atoms with Crippen molar-refractivity contribution in [3.05, 3.63) is 49.9 Å². The standard InChI is InChI=1S/C18H14N2O7S2/c1-27-17(25)8-4-2-7(3-5-8)10-11-13(28-14-12(10)29-18(26)19-14)16(24)20(15(11)23)6-9(21)22/h2-5,10-11,13H,6H2,1H3,(H,19,26)(H,21,22)/t10-,11-,13+/m0/s1. The molecule has 0 radical (unpaired) electrons. The zero-order chi connectivity index (χ0) is 20.9. The number of carboxylic acid groups (broad SMARTS) is 1. The molecule has 9 nitrogen and oxygen atoms in total. The maximum Gasteiger partial charge on any atom is 0.337 e. The molecule has 0 unspecified atom stereocenters. The van der Waals surface area contributed by atoms with Crippen LogP contribution in [0.25, 0.3) is 0 Å². The van der Waals surface area contributed by atoms with Gasteiger partial charge in [0.05, 0.1) is 23.6 Å². The number of esters is 1. The summed E-state index contributed by atoms with van der Waals surface area (Å²) in [6.45, 7) is -0.705. The van der Waals surface area contributed by atoms with Gasteiger partial charge in [0.25, 0.3) is 0 Å². The van der Waals surface area contributed by atoms with E-state index in [1.807, 2.05) is 0 Å². The van der Waals surface area contributed by atoms with E-state index >= 15 is 0 Å². The van der Waals surface area contributed by atoms with Crippen LogP contribution in [0.4, 0.5) is 0 Å². The number of imide groups is 1. The molecule has 11 heteroatoms. The molecule has 0 aliphatic carbocycles. The number of carbonyl (C=O) groups is 4. The maximum atomic E-state index is 13.0. The molecule has 3 atom stereocenters. The number of carbonyl (C=O) groups excluding carboxylic acids is 3. The van der Waals surface area contributed by atoms with Crippen molar-refractivity contribution in [1.29, 1.82) is 0 Å². The molecular formula is C18H14N2O7S2. The van der Waals surface area contributed by atoms with Gasteiger partial charge in [-0.15, -0.1) is 0 Å². The van der Waals surface area contributed by atoms with Crippen molar-refractivity contribution in [3.63, 3.8) is 0 Å². The highest BCUT2D eigenvalue weighted by Gasteiger charge is 2.56. The highest BCUT2D eigenvalue weighted by Crippen LogP contribution is 2.52. The molecule has 1 aromatic heterocycles. The Labute approximate surface area is 171 Å². The molecule has 2 N–H and O–H groups in total. The number of methoxy groups -OCH3 is 1. The fourth-order valence-corrected chi connectivity index (χ4v) is 6.21. The van der Waals surface area contributed by atoms with E-state index in [2.05, 4.69) is 9.72 Å². The smallest absolute Gasteiger partial charge is 0.337 e. The Hall–Kier alpha value is -2.92. The number of aromatic amines is 1. The predicted octanol–water partition coefficient (Wildman–Crippen LogP) is 0.899. The first-order valence-electron chi connectivity index (χ1n) is 8.46. The third-order valence-electron chi connectivity index (χ3n) is 4.90. The number of H-pyrrole nitrogens is 1. The van der Waals surface area contributed by atoms with E-state index < -0.39 is 47.4 Å². The third-order valence-corrected chi connectivity index (χ3v) is 7.30. The van der Waals surface area contributed by atoms with Crippen LogP contribution in [0.2, 0.25) is 0 Å². The van der Waals surface area contributed by atoms with Crippen LogP contribution in [0.5, 0.6) is 0 Å². The molecule has 3 heterocycles. The second-order valence-electron chi connectivity index (χ2n) is 6.52. The zero-order valence-electron chi connectivity index (χ0n) is 14.9. The van der Waals surface area contributed by atoms with Crippen molar-refractivity contribution in [2.75, 3.05) is 13.7 Å². The molecule has 2 aliphatic rings. The van der Waals surface area contributed by atoms with Gasteiger partial charge < -0.3 is 14.8 Å². The number of aliphatic carboxylic acids is 1. The minimum Gasteiger partial charge on any atom is -0.480 e. The number of nitrogens with one attached hydrogen (secondary N) is 1. The minimum absolute atomic E-state index is 0.305. The summed E-state index contributed by atoms with van der Waals surface area (Å²) in [6.07, 6.45) is 0. The number of nitrogens with zero attached hydrogens (tertiary/aromatic N) is 1. The molecule has 0 saturated carbocycles. The fourth-order valence-electron chi connectivity index (χ4n) is 3.67. The molecule has 4 rings (SSSR count). The number of hydrogen-bond donors (Lipinski definition) is 2. The summed E-state index contributed by atoms with van der Waals surface area (Å²) in [6, 6.07) is 6.39. The largest absolute Gasteiger partial charge is 0.480 e. The first kappa shape index (κ1) is 19.4. The predicted molar refractivity (Wildman–Crippen MR) is 102 cm³/mol. The van der Waals surface area contributed by atoms with Gasteiger partial charge in [0, 0.05) is 10.8 Å².